The number of ether oxygens (including phenoxy) is 2. The highest BCUT2D eigenvalue weighted by molar-refractivity contribution is 5.97. The van der Waals surface area contributed by atoms with E-state index in [1.165, 1.54) is 19.1 Å². The van der Waals surface area contributed by atoms with E-state index >= 15 is 0 Å². The van der Waals surface area contributed by atoms with E-state index in [9.17, 15) is 14.4 Å². The standard InChI is InChI=1S/C16H18N2O5/c1-3-10-22-13-7-4-12(5-8-13)6-9-14(19)23-11(2)15(20)18-16(17)21/h3-9,11H,1,10H2,2H3,(H3,17,18,20,21)/b9-6+/t11-/m0/s1. The molecule has 0 aromatic heterocycles. The molecule has 0 unspecified atom stereocenters. The first-order chi connectivity index (χ1) is 10.9. The van der Waals surface area contributed by atoms with E-state index in [2.05, 4.69) is 6.58 Å². The minimum atomic E-state index is -1.13. The summed E-state index contributed by atoms with van der Waals surface area (Å²) in [4.78, 5) is 33.5. The lowest BCUT2D eigenvalue weighted by Gasteiger charge is -2.10. The van der Waals surface area contributed by atoms with Crippen molar-refractivity contribution in [3.05, 3.63) is 48.6 Å². The zero-order valence-electron chi connectivity index (χ0n) is 12.7. The molecule has 3 amide bonds. The number of primary amides is 1. The van der Waals surface area contributed by atoms with Crippen LogP contribution in [0.3, 0.4) is 0 Å². The third-order valence-corrected chi connectivity index (χ3v) is 2.57. The number of benzene rings is 1. The van der Waals surface area contributed by atoms with Gasteiger partial charge in [0.2, 0.25) is 0 Å². The maximum atomic E-state index is 11.6. The molecule has 0 heterocycles. The van der Waals surface area contributed by atoms with E-state index in [1.807, 2.05) is 5.32 Å². The number of esters is 1. The van der Waals surface area contributed by atoms with Crippen LogP contribution in [-0.4, -0.2) is 30.6 Å². The van der Waals surface area contributed by atoms with Crippen LogP contribution in [0.1, 0.15) is 12.5 Å². The fraction of sp³-hybridized carbons (Fsp3) is 0.188. The van der Waals surface area contributed by atoms with Crippen molar-refractivity contribution >= 4 is 24.0 Å². The predicted octanol–water partition coefficient (Wildman–Crippen LogP) is 1.39. The van der Waals surface area contributed by atoms with Crippen LogP contribution in [0.4, 0.5) is 4.79 Å². The summed E-state index contributed by atoms with van der Waals surface area (Å²) in [6.45, 7) is 5.29. The third kappa shape index (κ3) is 6.94. The molecule has 0 fully saturated rings. The monoisotopic (exact) mass is 318 g/mol. The number of carbonyl (C=O) groups excluding carboxylic acids is 3. The Morgan fingerprint density at radius 2 is 1.96 bits per heavy atom. The van der Waals surface area contributed by atoms with Gasteiger partial charge in [-0.2, -0.15) is 0 Å². The van der Waals surface area contributed by atoms with Crippen molar-refractivity contribution in [2.24, 2.45) is 5.73 Å². The predicted molar refractivity (Wildman–Crippen MR) is 84.4 cm³/mol. The molecule has 0 aliphatic carbocycles. The molecule has 0 spiro atoms. The van der Waals surface area contributed by atoms with Gasteiger partial charge < -0.3 is 15.2 Å². The van der Waals surface area contributed by atoms with Crippen LogP contribution in [0.2, 0.25) is 0 Å². The Morgan fingerprint density at radius 3 is 2.52 bits per heavy atom. The zero-order valence-corrected chi connectivity index (χ0v) is 12.7. The second-order valence-corrected chi connectivity index (χ2v) is 4.43. The number of nitrogens with two attached hydrogens (primary N) is 1. The minimum absolute atomic E-state index is 0.409. The van der Waals surface area contributed by atoms with Crippen LogP contribution in [-0.2, 0) is 14.3 Å². The fourth-order valence-corrected chi connectivity index (χ4v) is 1.48. The Labute approximate surface area is 133 Å². The zero-order chi connectivity index (χ0) is 17.2. The van der Waals surface area contributed by atoms with Crippen molar-refractivity contribution in [3.63, 3.8) is 0 Å². The van der Waals surface area contributed by atoms with Gasteiger partial charge >= 0.3 is 12.0 Å². The first kappa shape index (κ1) is 18.0. The Bertz CT molecular complexity index is 607. The molecule has 0 saturated heterocycles. The molecule has 0 aliphatic heterocycles. The molecule has 7 heteroatoms. The number of hydrogen-bond donors (Lipinski definition) is 2. The summed E-state index contributed by atoms with van der Waals surface area (Å²) in [5.41, 5.74) is 5.55. The number of hydrogen-bond acceptors (Lipinski definition) is 5. The van der Waals surface area contributed by atoms with Gasteiger partial charge in [-0.15, -0.1) is 0 Å². The van der Waals surface area contributed by atoms with E-state index in [-0.39, 0.29) is 0 Å². The van der Waals surface area contributed by atoms with Crippen molar-refractivity contribution in [3.8, 4) is 5.75 Å². The average molecular weight is 318 g/mol. The van der Waals surface area contributed by atoms with Gasteiger partial charge in [-0.25, -0.2) is 9.59 Å². The van der Waals surface area contributed by atoms with E-state index in [4.69, 9.17) is 15.2 Å². The van der Waals surface area contributed by atoms with Gasteiger partial charge in [-0.05, 0) is 30.7 Å². The Hall–Kier alpha value is -3.09. The molecule has 1 rings (SSSR count). The molecule has 0 saturated carbocycles. The van der Waals surface area contributed by atoms with Gasteiger partial charge in [0.1, 0.15) is 12.4 Å². The summed E-state index contributed by atoms with van der Waals surface area (Å²) in [5.74, 6) is -0.826. The summed E-state index contributed by atoms with van der Waals surface area (Å²) in [6, 6.07) is 6.00. The van der Waals surface area contributed by atoms with Crippen molar-refractivity contribution in [2.75, 3.05) is 6.61 Å². The van der Waals surface area contributed by atoms with Gasteiger partial charge in [0, 0.05) is 6.08 Å². The number of rotatable bonds is 7. The van der Waals surface area contributed by atoms with E-state index in [0.717, 1.165) is 5.56 Å². The summed E-state index contributed by atoms with van der Waals surface area (Å²) < 4.78 is 10.2. The first-order valence-corrected chi connectivity index (χ1v) is 6.75. The first-order valence-electron chi connectivity index (χ1n) is 6.75. The number of urea groups is 1. The maximum Gasteiger partial charge on any atom is 0.331 e. The van der Waals surface area contributed by atoms with Crippen molar-refractivity contribution in [1.82, 2.24) is 5.32 Å². The normalized spacial score (nSPS) is 11.5. The number of nitrogens with one attached hydrogen (secondary N) is 1. The number of carbonyl (C=O) groups is 3. The SMILES string of the molecule is C=CCOc1ccc(/C=C/C(=O)O[C@@H](C)C(=O)NC(N)=O)cc1. The lowest BCUT2D eigenvalue weighted by Crippen LogP contribution is -2.42. The highest BCUT2D eigenvalue weighted by Gasteiger charge is 2.17. The smallest absolute Gasteiger partial charge is 0.331 e. The molecule has 23 heavy (non-hydrogen) atoms. The van der Waals surface area contributed by atoms with Crippen molar-refractivity contribution in [2.45, 2.75) is 13.0 Å². The molecular weight excluding hydrogens is 300 g/mol. The lowest BCUT2D eigenvalue weighted by atomic mass is 10.2. The lowest BCUT2D eigenvalue weighted by molar-refractivity contribution is -0.149. The minimum Gasteiger partial charge on any atom is -0.490 e. The van der Waals surface area contributed by atoms with Gasteiger partial charge in [0.25, 0.3) is 5.91 Å². The maximum absolute atomic E-state index is 11.6. The second kappa shape index (κ2) is 9.04. The summed E-state index contributed by atoms with van der Waals surface area (Å²) >= 11 is 0. The molecule has 1 atom stereocenters. The van der Waals surface area contributed by atoms with Crippen LogP contribution in [0.15, 0.2) is 43.0 Å². The van der Waals surface area contributed by atoms with Gasteiger partial charge in [-0.1, -0.05) is 24.8 Å². The Morgan fingerprint density at radius 1 is 1.30 bits per heavy atom. The highest BCUT2D eigenvalue weighted by atomic mass is 16.5. The van der Waals surface area contributed by atoms with Crippen molar-refractivity contribution < 1.29 is 23.9 Å². The topological polar surface area (TPSA) is 108 Å². The fourth-order valence-electron chi connectivity index (χ4n) is 1.48. The number of amides is 3. The highest BCUT2D eigenvalue weighted by Crippen LogP contribution is 2.13. The summed E-state index contributed by atoms with van der Waals surface area (Å²) in [7, 11) is 0. The molecule has 7 nitrogen and oxygen atoms in total. The largest absolute Gasteiger partial charge is 0.490 e. The van der Waals surface area contributed by atoms with E-state index in [1.54, 1.807) is 30.3 Å². The van der Waals surface area contributed by atoms with Crippen LogP contribution >= 0.6 is 0 Å². The van der Waals surface area contributed by atoms with Crippen molar-refractivity contribution in [1.29, 1.82) is 0 Å². The van der Waals surface area contributed by atoms with Gasteiger partial charge in [0.15, 0.2) is 6.10 Å². The summed E-state index contributed by atoms with van der Waals surface area (Å²) in [6.07, 6.45) is 3.21. The molecular formula is C16H18N2O5. The summed E-state index contributed by atoms with van der Waals surface area (Å²) in [5, 5.41) is 1.82. The Kier molecular flexibility index (Phi) is 7.06. The van der Waals surface area contributed by atoms with Crippen LogP contribution < -0.4 is 15.8 Å². The molecule has 3 N–H and O–H groups in total. The quantitative estimate of drug-likeness (QED) is 0.449. The Balaban J connectivity index is 2.52. The van der Waals surface area contributed by atoms with E-state index < -0.39 is 24.0 Å². The molecule has 122 valence electrons. The van der Waals surface area contributed by atoms with E-state index in [0.29, 0.717) is 12.4 Å². The third-order valence-electron chi connectivity index (χ3n) is 2.57. The van der Waals surface area contributed by atoms with Gasteiger partial charge in [-0.3, -0.25) is 10.1 Å². The van der Waals surface area contributed by atoms with Crippen LogP contribution in [0.5, 0.6) is 5.75 Å². The molecule has 0 bridgehead atoms. The average Bonchev–Trinajstić information content (AvgIpc) is 2.51. The van der Waals surface area contributed by atoms with Crippen LogP contribution in [0, 0.1) is 0 Å². The van der Waals surface area contributed by atoms with Gasteiger partial charge in [0.05, 0.1) is 0 Å². The molecule has 0 aliphatic rings. The second-order valence-electron chi connectivity index (χ2n) is 4.43. The number of imide groups is 1. The molecule has 0 radical (unpaired) electrons. The molecule has 1 aromatic rings. The van der Waals surface area contributed by atoms with Crippen LogP contribution in [0.25, 0.3) is 6.08 Å². The molecule has 1 aromatic carbocycles.